The van der Waals surface area contributed by atoms with Gasteiger partial charge in [0.05, 0.1) is 13.0 Å². The van der Waals surface area contributed by atoms with Crippen LogP contribution in [-0.2, 0) is 14.3 Å². The molecule has 26 heavy (non-hydrogen) atoms. The number of amides is 1. The minimum Gasteiger partial charge on any atom is -0.469 e. The van der Waals surface area contributed by atoms with Crippen molar-refractivity contribution in [3.63, 3.8) is 0 Å². The quantitative estimate of drug-likeness (QED) is 0.678. The number of ether oxygens (including phenoxy) is 1. The zero-order chi connectivity index (χ0) is 18.3. The maximum atomic E-state index is 12.3. The van der Waals surface area contributed by atoms with Gasteiger partial charge in [-0.15, -0.1) is 0 Å². The number of carbonyl (C=O) groups excluding carboxylic acids is 2. The van der Waals surface area contributed by atoms with Crippen molar-refractivity contribution in [2.24, 2.45) is 5.92 Å². The third kappa shape index (κ3) is 2.83. The molecule has 2 heterocycles. The van der Waals surface area contributed by atoms with E-state index >= 15 is 0 Å². The van der Waals surface area contributed by atoms with Gasteiger partial charge in [0.25, 0.3) is 0 Å². The van der Waals surface area contributed by atoms with Crippen molar-refractivity contribution in [3.05, 3.63) is 48.0 Å². The molecule has 3 aromatic rings. The zero-order valence-corrected chi connectivity index (χ0v) is 14.6. The second-order valence-electron chi connectivity index (χ2n) is 6.47. The van der Waals surface area contributed by atoms with Gasteiger partial charge < -0.3 is 14.1 Å². The van der Waals surface area contributed by atoms with Gasteiger partial charge in [-0.1, -0.05) is 17.7 Å². The molecule has 1 saturated heterocycles. The first-order chi connectivity index (χ1) is 12.5. The summed E-state index contributed by atoms with van der Waals surface area (Å²) >= 11 is 0. The van der Waals surface area contributed by atoms with E-state index in [2.05, 4.69) is 4.98 Å². The maximum Gasteiger partial charge on any atom is 0.311 e. The Morgan fingerprint density at radius 2 is 2.12 bits per heavy atom. The van der Waals surface area contributed by atoms with Gasteiger partial charge in [-0.3, -0.25) is 9.59 Å². The summed E-state index contributed by atoms with van der Waals surface area (Å²) in [5.41, 5.74) is 4.07. The largest absolute Gasteiger partial charge is 0.469 e. The standard InChI is InChI=1S/C20H18N2O4/c1-12-4-3-5-13(8-12)19-21-16-10-15(6-7-17(16)26-19)22-11-14(9-18(22)23)20(24)25-2/h3-8,10,14H,9,11H2,1-2H3. The number of nitrogens with zero attached hydrogens (tertiary/aromatic N) is 2. The first kappa shape index (κ1) is 16.3. The van der Waals surface area contributed by atoms with Crippen molar-refractivity contribution in [2.45, 2.75) is 13.3 Å². The van der Waals surface area contributed by atoms with E-state index in [4.69, 9.17) is 9.15 Å². The van der Waals surface area contributed by atoms with Crippen molar-refractivity contribution in [3.8, 4) is 11.5 Å². The van der Waals surface area contributed by atoms with Crippen molar-refractivity contribution in [1.82, 2.24) is 4.98 Å². The molecule has 4 rings (SSSR count). The lowest BCUT2D eigenvalue weighted by molar-refractivity contribution is -0.145. The first-order valence-corrected chi connectivity index (χ1v) is 8.41. The SMILES string of the molecule is COC(=O)C1CC(=O)N(c2ccc3oc(-c4cccc(C)c4)nc3c2)C1. The number of rotatable bonds is 3. The number of benzene rings is 2. The molecule has 0 radical (unpaired) electrons. The number of oxazole rings is 1. The van der Waals surface area contributed by atoms with Gasteiger partial charge in [0.15, 0.2) is 5.58 Å². The highest BCUT2D eigenvalue weighted by atomic mass is 16.5. The number of hydrogen-bond acceptors (Lipinski definition) is 5. The molecule has 1 unspecified atom stereocenters. The molecular weight excluding hydrogens is 332 g/mol. The summed E-state index contributed by atoms with van der Waals surface area (Å²) in [5.74, 6) is -0.336. The number of aromatic nitrogens is 1. The average molecular weight is 350 g/mol. The molecule has 6 heteroatoms. The van der Waals surface area contributed by atoms with Crippen LogP contribution in [0, 0.1) is 12.8 Å². The van der Waals surface area contributed by atoms with Crippen LogP contribution in [0.1, 0.15) is 12.0 Å². The van der Waals surface area contributed by atoms with E-state index in [9.17, 15) is 9.59 Å². The van der Waals surface area contributed by atoms with Gasteiger partial charge in [-0.05, 0) is 37.3 Å². The zero-order valence-electron chi connectivity index (χ0n) is 14.6. The van der Waals surface area contributed by atoms with Gasteiger partial charge in [0, 0.05) is 24.2 Å². The van der Waals surface area contributed by atoms with Crippen molar-refractivity contribution < 1.29 is 18.7 Å². The Labute approximate surface area is 150 Å². The summed E-state index contributed by atoms with van der Waals surface area (Å²) < 4.78 is 10.6. The van der Waals surface area contributed by atoms with Crippen LogP contribution in [0.15, 0.2) is 46.9 Å². The highest BCUT2D eigenvalue weighted by Crippen LogP contribution is 2.31. The molecule has 1 fully saturated rings. The second kappa shape index (κ2) is 6.29. The molecule has 1 aromatic heterocycles. The maximum absolute atomic E-state index is 12.3. The minimum atomic E-state index is -0.427. The number of hydrogen-bond donors (Lipinski definition) is 0. The fourth-order valence-corrected chi connectivity index (χ4v) is 3.27. The van der Waals surface area contributed by atoms with Gasteiger partial charge in [-0.25, -0.2) is 4.98 Å². The van der Waals surface area contributed by atoms with E-state index < -0.39 is 5.92 Å². The number of methoxy groups -OCH3 is 1. The molecule has 6 nitrogen and oxygen atoms in total. The Bertz CT molecular complexity index is 1010. The Hall–Kier alpha value is -3.15. The van der Waals surface area contributed by atoms with Crippen LogP contribution in [0.3, 0.4) is 0 Å². The normalized spacial score (nSPS) is 17.1. The summed E-state index contributed by atoms with van der Waals surface area (Å²) in [6.45, 7) is 2.33. The molecule has 2 aromatic carbocycles. The summed E-state index contributed by atoms with van der Waals surface area (Å²) in [7, 11) is 1.34. The van der Waals surface area contributed by atoms with E-state index in [-0.39, 0.29) is 18.3 Å². The lowest BCUT2D eigenvalue weighted by atomic mass is 10.1. The molecule has 1 aliphatic heterocycles. The van der Waals surface area contributed by atoms with Crippen LogP contribution in [0.2, 0.25) is 0 Å². The predicted molar refractivity (Wildman–Crippen MR) is 96.7 cm³/mol. The number of carbonyl (C=O) groups is 2. The second-order valence-corrected chi connectivity index (χ2v) is 6.47. The fourth-order valence-electron chi connectivity index (χ4n) is 3.27. The van der Waals surface area contributed by atoms with Gasteiger partial charge in [0.2, 0.25) is 11.8 Å². The summed E-state index contributed by atoms with van der Waals surface area (Å²) in [6.07, 6.45) is 0.165. The molecule has 1 atom stereocenters. The van der Waals surface area contributed by atoms with Crippen LogP contribution < -0.4 is 4.90 Å². The Balaban J connectivity index is 1.66. The number of aryl methyl sites for hydroxylation is 1. The first-order valence-electron chi connectivity index (χ1n) is 8.41. The van der Waals surface area contributed by atoms with Crippen molar-refractivity contribution in [2.75, 3.05) is 18.6 Å². The van der Waals surface area contributed by atoms with E-state index in [1.165, 1.54) is 7.11 Å². The molecular formula is C20H18N2O4. The number of fused-ring (bicyclic) bond motifs is 1. The van der Waals surface area contributed by atoms with Crippen LogP contribution in [0.4, 0.5) is 5.69 Å². The summed E-state index contributed by atoms with van der Waals surface area (Å²) in [5, 5.41) is 0. The van der Waals surface area contributed by atoms with Crippen LogP contribution in [-0.4, -0.2) is 30.5 Å². The van der Waals surface area contributed by atoms with Crippen molar-refractivity contribution >= 4 is 28.7 Å². The highest BCUT2D eigenvalue weighted by Gasteiger charge is 2.36. The molecule has 0 aliphatic carbocycles. The van der Waals surface area contributed by atoms with Gasteiger partial charge >= 0.3 is 5.97 Å². The van der Waals surface area contributed by atoms with Crippen LogP contribution in [0.5, 0.6) is 0 Å². The summed E-state index contributed by atoms with van der Waals surface area (Å²) in [4.78, 5) is 30.1. The molecule has 0 N–H and O–H groups in total. The Morgan fingerprint density at radius 1 is 1.27 bits per heavy atom. The molecule has 1 aliphatic rings. The van der Waals surface area contributed by atoms with E-state index in [1.807, 2.05) is 43.3 Å². The average Bonchev–Trinajstić information content (AvgIpc) is 3.24. The lowest BCUT2D eigenvalue weighted by Crippen LogP contribution is -2.26. The van der Waals surface area contributed by atoms with Gasteiger partial charge in [-0.2, -0.15) is 0 Å². The van der Waals surface area contributed by atoms with Gasteiger partial charge in [0.1, 0.15) is 5.52 Å². The molecule has 0 bridgehead atoms. The predicted octanol–water partition coefficient (Wildman–Crippen LogP) is 3.33. The molecule has 0 spiro atoms. The highest BCUT2D eigenvalue weighted by molar-refractivity contribution is 6.00. The molecule has 0 saturated carbocycles. The number of esters is 1. The molecule has 132 valence electrons. The minimum absolute atomic E-state index is 0.0952. The third-order valence-corrected chi connectivity index (χ3v) is 4.61. The number of anilines is 1. The van der Waals surface area contributed by atoms with Crippen LogP contribution in [0.25, 0.3) is 22.6 Å². The summed E-state index contributed by atoms with van der Waals surface area (Å²) in [6, 6.07) is 13.4. The smallest absolute Gasteiger partial charge is 0.311 e. The topological polar surface area (TPSA) is 72.6 Å². The van der Waals surface area contributed by atoms with Crippen LogP contribution >= 0.6 is 0 Å². The molecule has 1 amide bonds. The monoisotopic (exact) mass is 350 g/mol. The Kier molecular flexibility index (Phi) is 3.95. The van der Waals surface area contributed by atoms with E-state index in [1.54, 1.807) is 11.0 Å². The Morgan fingerprint density at radius 3 is 2.88 bits per heavy atom. The fraction of sp³-hybridized carbons (Fsp3) is 0.250. The van der Waals surface area contributed by atoms with E-state index in [0.717, 1.165) is 11.1 Å². The lowest BCUT2D eigenvalue weighted by Gasteiger charge is -2.16. The van der Waals surface area contributed by atoms with Crippen molar-refractivity contribution in [1.29, 1.82) is 0 Å². The third-order valence-electron chi connectivity index (χ3n) is 4.61. The van der Waals surface area contributed by atoms with E-state index in [0.29, 0.717) is 29.2 Å².